The first kappa shape index (κ1) is 73.6. The lowest BCUT2D eigenvalue weighted by Gasteiger charge is -2.28. The number of aliphatic hydroxyl groups excluding tert-OH is 1. The Morgan fingerprint density at radius 1 is 0.540 bits per heavy atom. The molecule has 0 aliphatic carbocycles. The Bertz CT molecular complexity index is 2720. The lowest BCUT2D eigenvalue weighted by molar-refractivity contribution is -0.144. The van der Waals surface area contributed by atoms with Crippen molar-refractivity contribution >= 4 is 82.9 Å². The molecule has 1 aromatic carbocycles. The number of hydrogen-bond donors (Lipinski definition) is 19. The summed E-state index contributed by atoms with van der Waals surface area (Å²) in [4.78, 5) is 174. The molecule has 0 aliphatic heterocycles. The van der Waals surface area contributed by atoms with Gasteiger partial charge in [-0.25, -0.2) is 9.78 Å². The zero-order chi connectivity index (χ0) is 65.7. The lowest BCUT2D eigenvalue weighted by atomic mass is 10.00. The van der Waals surface area contributed by atoms with Crippen LogP contribution in [0.2, 0.25) is 0 Å². The maximum Gasteiger partial charge on any atom is 0.326 e. The molecule has 0 unspecified atom stereocenters. The smallest absolute Gasteiger partial charge is 0.326 e. The molecule has 25 N–H and O–H groups in total. The van der Waals surface area contributed by atoms with E-state index in [1.54, 1.807) is 58.0 Å². The number of benzene rings is 1. The first-order valence-electron chi connectivity index (χ1n) is 27.8. The summed E-state index contributed by atoms with van der Waals surface area (Å²) < 4.78 is 0. The van der Waals surface area contributed by atoms with Gasteiger partial charge in [0.2, 0.25) is 59.1 Å². The van der Waals surface area contributed by atoms with Crippen molar-refractivity contribution in [3.05, 3.63) is 54.1 Å². The predicted octanol–water partition coefficient (Wildman–Crippen LogP) is -6.47. The third-order valence-electron chi connectivity index (χ3n) is 12.8. The molecule has 34 heteroatoms. The van der Waals surface area contributed by atoms with E-state index in [4.69, 9.17) is 34.4 Å². The zero-order valence-electron chi connectivity index (χ0n) is 49.4. The molecular formula is C53H85N19O15. The fourth-order valence-corrected chi connectivity index (χ4v) is 8.29. The van der Waals surface area contributed by atoms with E-state index in [1.807, 2.05) is 0 Å². The molecule has 0 spiro atoms. The van der Waals surface area contributed by atoms with E-state index in [0.717, 1.165) is 12.5 Å². The van der Waals surface area contributed by atoms with Crippen LogP contribution in [0.15, 0.2) is 52.8 Å². The van der Waals surface area contributed by atoms with Crippen LogP contribution in [0.5, 0.6) is 0 Å². The minimum Gasteiger partial charge on any atom is -0.481 e. The van der Waals surface area contributed by atoms with Gasteiger partial charge in [0.1, 0.15) is 54.4 Å². The van der Waals surface area contributed by atoms with Crippen molar-refractivity contribution < 1.29 is 72.9 Å². The number of nitrogens with two attached hydrogens (primary N) is 6. The number of primary amides is 1. The second-order valence-corrected chi connectivity index (χ2v) is 21.3. The number of carboxylic acid groups (broad SMARTS) is 2. The average molecular weight is 1230 g/mol. The second-order valence-electron chi connectivity index (χ2n) is 21.3. The monoisotopic (exact) mass is 1230 g/mol. The summed E-state index contributed by atoms with van der Waals surface area (Å²) in [6, 6.07) is -6.55. The molecule has 34 nitrogen and oxygen atoms in total. The number of aliphatic hydroxyl groups is 1. The molecule has 2 rings (SSSR count). The summed E-state index contributed by atoms with van der Waals surface area (Å²) in [5.41, 5.74) is 34.2. The number of rotatable bonds is 39. The summed E-state index contributed by atoms with van der Waals surface area (Å²) in [7, 11) is 0. The topological polar surface area (TPSA) is 583 Å². The molecule has 87 heavy (non-hydrogen) atoms. The number of carboxylic acids is 2. The highest BCUT2D eigenvalue weighted by Gasteiger charge is 2.37. The Morgan fingerprint density at radius 3 is 1.49 bits per heavy atom. The molecule has 10 amide bonds. The van der Waals surface area contributed by atoms with Gasteiger partial charge >= 0.3 is 11.9 Å². The molecule has 0 bridgehead atoms. The number of guanidine groups is 2. The number of amides is 10. The fourth-order valence-electron chi connectivity index (χ4n) is 8.29. The minimum absolute atomic E-state index is 0.0213. The fraction of sp³-hybridized carbons (Fsp3) is 0.566. The van der Waals surface area contributed by atoms with Crippen LogP contribution < -0.4 is 82.3 Å². The predicted molar refractivity (Wildman–Crippen MR) is 313 cm³/mol. The minimum atomic E-state index is -1.93. The van der Waals surface area contributed by atoms with Crippen LogP contribution >= 0.6 is 0 Å². The maximum atomic E-state index is 14.3. The van der Waals surface area contributed by atoms with Crippen molar-refractivity contribution in [3.63, 3.8) is 0 Å². The molecule has 1 heterocycles. The third-order valence-corrected chi connectivity index (χ3v) is 12.8. The van der Waals surface area contributed by atoms with Gasteiger partial charge in [-0.3, -0.25) is 62.7 Å². The standard InChI is InChI=1S/C53H85N19O15/c1-25(2)18-34(46(81)64-27(5)42(77)72-41(28(6)73)50(85)66-33(15-11-17-62-53(58)59)45(80)70-37(51(86)87)21-38(55)74)67-48(83)36(22-39(75)76)68-44(79)32(14-10-16-61-52(56)57)65-47(82)35(20-30-23-60-24-63-30)69-49(84)40(26(3)4)71-43(78)31(54)19-29-12-8-7-9-13-29/h7-9,12-13,23-28,31-37,40-41,73H,10-11,14-22,54H2,1-6H3,(H2,55,74)(H,60,63)(H,64,81)(H,65,82)(H,66,85)(H,67,83)(H,68,79)(H,69,84)(H,70,80)(H,71,78)(H,72,77)(H,75,76)(H,86,87)(H4,56,57,61)(H4,58,59,62)/t27-,28+,31-,32-,33-,34-,35-,36-,37-,40-,41-/m0/s1. The summed E-state index contributed by atoms with van der Waals surface area (Å²) >= 11 is 0. The molecule has 11 atom stereocenters. The van der Waals surface area contributed by atoms with Gasteiger partial charge in [-0.15, -0.1) is 0 Å². The Labute approximate surface area is 501 Å². The van der Waals surface area contributed by atoms with Gasteiger partial charge in [-0.1, -0.05) is 58.0 Å². The number of imidazole rings is 1. The van der Waals surface area contributed by atoms with Gasteiger partial charge < -0.3 is 103 Å². The van der Waals surface area contributed by atoms with E-state index in [9.17, 15) is 72.9 Å². The van der Waals surface area contributed by atoms with Crippen LogP contribution in [0, 0.1) is 11.8 Å². The molecule has 0 saturated carbocycles. The summed E-state index contributed by atoms with van der Waals surface area (Å²) in [6.07, 6.45) is -1.46. The summed E-state index contributed by atoms with van der Waals surface area (Å²) in [5, 5.41) is 51.8. The Hall–Kier alpha value is -9.47. The summed E-state index contributed by atoms with van der Waals surface area (Å²) in [5.74, 6) is -14.8. The highest BCUT2D eigenvalue weighted by Crippen LogP contribution is 2.12. The number of aromatic nitrogens is 2. The van der Waals surface area contributed by atoms with Crippen molar-refractivity contribution in [2.24, 2.45) is 56.2 Å². The normalized spacial score (nSPS) is 14.8. The van der Waals surface area contributed by atoms with Crippen molar-refractivity contribution in [3.8, 4) is 0 Å². The number of aromatic amines is 1. The van der Waals surface area contributed by atoms with Gasteiger partial charge in [0.05, 0.1) is 31.3 Å². The van der Waals surface area contributed by atoms with Crippen LogP contribution in [0.1, 0.15) is 97.7 Å². The third kappa shape index (κ3) is 27.9. The molecule has 0 aliphatic rings. The van der Waals surface area contributed by atoms with Gasteiger partial charge in [-0.05, 0) is 69.8 Å². The van der Waals surface area contributed by atoms with E-state index in [-0.39, 0.29) is 75.9 Å². The first-order valence-corrected chi connectivity index (χ1v) is 27.8. The molecule has 1 aromatic heterocycles. The highest BCUT2D eigenvalue weighted by atomic mass is 16.4. The highest BCUT2D eigenvalue weighted by molar-refractivity contribution is 5.99. The number of hydrogen-bond acceptors (Lipinski definition) is 17. The molecule has 0 fully saturated rings. The van der Waals surface area contributed by atoms with E-state index in [0.29, 0.717) is 5.69 Å². The van der Waals surface area contributed by atoms with Gasteiger partial charge in [0.25, 0.3) is 0 Å². The van der Waals surface area contributed by atoms with Crippen LogP contribution in [-0.2, 0) is 70.4 Å². The van der Waals surface area contributed by atoms with E-state index in [2.05, 4.69) is 67.8 Å². The van der Waals surface area contributed by atoms with Crippen molar-refractivity contribution in [2.45, 2.75) is 166 Å². The molecule has 0 radical (unpaired) electrons. The van der Waals surface area contributed by atoms with E-state index < -0.39 is 156 Å². The number of aliphatic imine (C=N–C) groups is 2. The van der Waals surface area contributed by atoms with Crippen molar-refractivity contribution in [1.29, 1.82) is 0 Å². The van der Waals surface area contributed by atoms with Gasteiger partial charge in [-0.2, -0.15) is 0 Å². The Morgan fingerprint density at radius 2 is 1.01 bits per heavy atom. The number of H-pyrrole nitrogens is 1. The van der Waals surface area contributed by atoms with Crippen LogP contribution in [0.25, 0.3) is 0 Å². The van der Waals surface area contributed by atoms with Crippen LogP contribution in [0.3, 0.4) is 0 Å². The van der Waals surface area contributed by atoms with E-state index in [1.165, 1.54) is 19.4 Å². The van der Waals surface area contributed by atoms with Crippen LogP contribution in [-0.4, -0.2) is 188 Å². The maximum absolute atomic E-state index is 14.3. The quantitative estimate of drug-likeness (QED) is 0.0168. The van der Waals surface area contributed by atoms with Crippen LogP contribution in [0.4, 0.5) is 0 Å². The molecular weight excluding hydrogens is 1140 g/mol. The van der Waals surface area contributed by atoms with Gasteiger partial charge in [0.15, 0.2) is 11.9 Å². The Balaban J connectivity index is 2.39. The zero-order valence-corrected chi connectivity index (χ0v) is 49.4. The average Bonchev–Trinajstić information content (AvgIpc) is 2.99. The number of carbonyl (C=O) groups is 12. The lowest BCUT2D eigenvalue weighted by Crippen LogP contribution is -2.61. The number of nitrogens with one attached hydrogen (secondary N) is 10. The number of carbonyl (C=O) groups excluding carboxylic acids is 10. The molecule has 482 valence electrons. The van der Waals surface area contributed by atoms with Crippen molar-refractivity contribution in [2.75, 3.05) is 13.1 Å². The summed E-state index contributed by atoms with van der Waals surface area (Å²) in [6.45, 7) is 8.81. The molecule has 2 aromatic rings. The van der Waals surface area contributed by atoms with Crippen molar-refractivity contribution in [1.82, 2.24) is 57.8 Å². The number of aliphatic carboxylic acids is 2. The molecule has 0 saturated heterocycles. The SMILES string of the molecule is CC(C)C[C@H](NC(=O)[C@H](CC(=O)O)NC(=O)[C@H](CCCN=C(N)N)NC(=O)[C@H](Cc1cnc[nH]1)NC(=O)[C@@H](NC(=O)[C@@H](N)Cc1ccccc1)C(C)C)C(=O)N[C@@H](C)C(=O)N[C@H](C(=O)N[C@@H](CCCN=C(N)N)C(=O)N[C@@H](CC(N)=O)C(=O)O)[C@@H](C)O. The van der Waals surface area contributed by atoms with Gasteiger partial charge in [0, 0.05) is 31.4 Å². The first-order chi connectivity index (χ1) is 40.8. The Kier molecular flexibility index (Phi) is 31.4. The number of nitrogens with zero attached hydrogens (tertiary/aromatic N) is 3. The largest absolute Gasteiger partial charge is 0.481 e. The van der Waals surface area contributed by atoms with E-state index >= 15 is 0 Å². The second kappa shape index (κ2) is 37.1.